The molecule has 0 amide bonds. The lowest BCUT2D eigenvalue weighted by atomic mass is 10.0. The number of hydrazine groups is 1. The average Bonchev–Trinajstić information content (AvgIpc) is 2.19. The lowest BCUT2D eigenvalue weighted by Gasteiger charge is -2.24. The highest BCUT2D eigenvalue weighted by atomic mass is 15.4. The van der Waals surface area contributed by atoms with Crippen LogP contribution < -0.4 is 10.9 Å². The second-order valence-electron chi connectivity index (χ2n) is 4.04. The lowest BCUT2D eigenvalue weighted by Crippen LogP contribution is -2.47. The van der Waals surface area contributed by atoms with Crippen LogP contribution in [0.1, 0.15) is 32.9 Å². The van der Waals surface area contributed by atoms with Crippen molar-refractivity contribution in [3.05, 3.63) is 30.1 Å². The topological polar surface area (TPSA) is 37.0 Å². The van der Waals surface area contributed by atoms with Crippen LogP contribution in [-0.4, -0.2) is 10.5 Å². The minimum atomic E-state index is 0.134. The van der Waals surface area contributed by atoms with Crippen molar-refractivity contribution in [2.24, 2.45) is 0 Å². The Labute approximate surface area is 85.9 Å². The molecule has 0 spiro atoms. The van der Waals surface area contributed by atoms with E-state index in [1.807, 2.05) is 24.4 Å². The van der Waals surface area contributed by atoms with Gasteiger partial charge in [-0.15, -0.1) is 0 Å². The van der Waals surface area contributed by atoms with Gasteiger partial charge in [0.1, 0.15) is 0 Å². The first-order valence-electron chi connectivity index (χ1n) is 5.04. The maximum atomic E-state index is 4.22. The fourth-order valence-corrected chi connectivity index (χ4v) is 0.965. The third-order valence-corrected chi connectivity index (χ3v) is 2.31. The Balaban J connectivity index is 2.29. The van der Waals surface area contributed by atoms with E-state index >= 15 is 0 Å². The summed E-state index contributed by atoms with van der Waals surface area (Å²) in [5, 5.41) is 0. The molecule has 0 atom stereocenters. The van der Waals surface area contributed by atoms with Gasteiger partial charge in [-0.25, -0.2) is 0 Å². The summed E-state index contributed by atoms with van der Waals surface area (Å²) in [6.07, 6.45) is 2.89. The van der Waals surface area contributed by atoms with Crippen LogP contribution in [0.25, 0.3) is 0 Å². The molecule has 0 unspecified atom stereocenters. The van der Waals surface area contributed by atoms with Crippen LogP contribution in [0.5, 0.6) is 0 Å². The van der Waals surface area contributed by atoms with Crippen molar-refractivity contribution < 1.29 is 0 Å². The van der Waals surface area contributed by atoms with Crippen molar-refractivity contribution in [1.29, 1.82) is 0 Å². The van der Waals surface area contributed by atoms with E-state index < -0.39 is 0 Å². The Morgan fingerprint density at radius 2 is 2.14 bits per heavy atom. The van der Waals surface area contributed by atoms with Crippen molar-refractivity contribution in [2.75, 3.05) is 0 Å². The monoisotopic (exact) mass is 193 g/mol. The zero-order valence-corrected chi connectivity index (χ0v) is 9.17. The molecule has 3 heteroatoms. The zero-order valence-electron chi connectivity index (χ0n) is 9.17. The fourth-order valence-electron chi connectivity index (χ4n) is 0.965. The molecule has 0 saturated carbocycles. The third kappa shape index (κ3) is 3.85. The Morgan fingerprint density at radius 1 is 1.36 bits per heavy atom. The largest absolute Gasteiger partial charge is 0.260 e. The predicted octanol–water partition coefficient (Wildman–Crippen LogP) is 1.86. The van der Waals surface area contributed by atoms with Crippen molar-refractivity contribution >= 4 is 0 Å². The molecule has 0 aromatic carbocycles. The Morgan fingerprint density at radius 3 is 2.71 bits per heavy atom. The standard InChI is InChI=1S/C11H19N3/c1-4-11(2,3)14-13-9-10-7-5-6-8-12-10/h5-8,13-14H,4,9H2,1-3H3. The van der Waals surface area contributed by atoms with E-state index in [0.717, 1.165) is 18.7 Å². The average molecular weight is 193 g/mol. The number of pyridine rings is 1. The number of hydrogen-bond donors (Lipinski definition) is 2. The molecule has 78 valence electrons. The van der Waals surface area contributed by atoms with Crippen LogP contribution >= 0.6 is 0 Å². The maximum absolute atomic E-state index is 4.22. The molecular weight excluding hydrogens is 174 g/mol. The van der Waals surface area contributed by atoms with E-state index in [4.69, 9.17) is 0 Å². The highest BCUT2D eigenvalue weighted by Gasteiger charge is 2.12. The number of nitrogens with zero attached hydrogens (tertiary/aromatic N) is 1. The highest BCUT2D eigenvalue weighted by Crippen LogP contribution is 2.04. The molecule has 3 nitrogen and oxygen atoms in total. The molecular formula is C11H19N3. The van der Waals surface area contributed by atoms with Gasteiger partial charge in [0, 0.05) is 11.7 Å². The third-order valence-electron chi connectivity index (χ3n) is 2.31. The summed E-state index contributed by atoms with van der Waals surface area (Å²) in [6, 6.07) is 5.93. The Bertz CT molecular complexity index is 256. The summed E-state index contributed by atoms with van der Waals surface area (Å²) in [5.74, 6) is 0. The fraction of sp³-hybridized carbons (Fsp3) is 0.545. The summed E-state index contributed by atoms with van der Waals surface area (Å²) in [6.45, 7) is 7.25. The van der Waals surface area contributed by atoms with Crippen LogP contribution in [0.4, 0.5) is 0 Å². The number of hydrogen-bond acceptors (Lipinski definition) is 3. The molecule has 0 radical (unpaired) electrons. The quantitative estimate of drug-likeness (QED) is 0.701. The van der Waals surface area contributed by atoms with E-state index in [1.165, 1.54) is 0 Å². The molecule has 0 bridgehead atoms. The molecule has 1 rings (SSSR count). The molecule has 1 aromatic heterocycles. The van der Waals surface area contributed by atoms with E-state index in [1.54, 1.807) is 0 Å². The van der Waals surface area contributed by atoms with Gasteiger partial charge in [0.05, 0.1) is 12.2 Å². The smallest absolute Gasteiger partial charge is 0.0555 e. The second-order valence-corrected chi connectivity index (χ2v) is 4.04. The molecule has 0 aliphatic carbocycles. The lowest BCUT2D eigenvalue weighted by molar-refractivity contribution is 0.317. The normalized spacial score (nSPS) is 11.6. The molecule has 0 aliphatic rings. The molecule has 1 heterocycles. The van der Waals surface area contributed by atoms with Crippen molar-refractivity contribution in [1.82, 2.24) is 15.8 Å². The van der Waals surface area contributed by atoms with Crippen LogP contribution in [0.15, 0.2) is 24.4 Å². The van der Waals surface area contributed by atoms with Gasteiger partial charge in [-0.2, -0.15) is 0 Å². The van der Waals surface area contributed by atoms with Gasteiger partial charge in [-0.05, 0) is 32.4 Å². The van der Waals surface area contributed by atoms with Gasteiger partial charge in [0.15, 0.2) is 0 Å². The van der Waals surface area contributed by atoms with Crippen molar-refractivity contribution in [3.8, 4) is 0 Å². The molecule has 0 fully saturated rings. The highest BCUT2D eigenvalue weighted by molar-refractivity contribution is 5.02. The summed E-state index contributed by atoms with van der Waals surface area (Å²) in [7, 11) is 0. The molecule has 2 N–H and O–H groups in total. The minimum absolute atomic E-state index is 0.134. The van der Waals surface area contributed by atoms with Gasteiger partial charge in [0.25, 0.3) is 0 Å². The first-order chi connectivity index (χ1) is 6.64. The number of nitrogens with one attached hydrogen (secondary N) is 2. The van der Waals surface area contributed by atoms with Gasteiger partial charge >= 0.3 is 0 Å². The predicted molar refractivity (Wildman–Crippen MR) is 58.6 cm³/mol. The van der Waals surface area contributed by atoms with E-state index in [9.17, 15) is 0 Å². The number of rotatable bonds is 5. The first kappa shape index (κ1) is 11.1. The van der Waals surface area contributed by atoms with E-state index in [0.29, 0.717) is 0 Å². The SMILES string of the molecule is CCC(C)(C)NNCc1ccccn1. The molecule has 14 heavy (non-hydrogen) atoms. The minimum Gasteiger partial charge on any atom is -0.260 e. The Kier molecular flexibility index (Phi) is 4.04. The van der Waals surface area contributed by atoms with Crippen molar-refractivity contribution in [2.45, 2.75) is 39.3 Å². The molecule has 1 aromatic rings. The molecule has 0 saturated heterocycles. The van der Waals surface area contributed by atoms with Crippen LogP contribution in [0.2, 0.25) is 0 Å². The van der Waals surface area contributed by atoms with Crippen LogP contribution in [0.3, 0.4) is 0 Å². The second kappa shape index (κ2) is 5.08. The van der Waals surface area contributed by atoms with E-state index in [-0.39, 0.29) is 5.54 Å². The first-order valence-corrected chi connectivity index (χ1v) is 5.04. The molecule has 0 aliphatic heterocycles. The van der Waals surface area contributed by atoms with Gasteiger partial charge < -0.3 is 0 Å². The number of aromatic nitrogens is 1. The van der Waals surface area contributed by atoms with E-state index in [2.05, 4.69) is 36.6 Å². The summed E-state index contributed by atoms with van der Waals surface area (Å²) in [5.41, 5.74) is 7.63. The van der Waals surface area contributed by atoms with Crippen molar-refractivity contribution in [3.63, 3.8) is 0 Å². The summed E-state index contributed by atoms with van der Waals surface area (Å²) in [4.78, 5) is 4.22. The Hall–Kier alpha value is -0.930. The maximum Gasteiger partial charge on any atom is 0.0555 e. The van der Waals surface area contributed by atoms with Gasteiger partial charge in [-0.3, -0.25) is 15.8 Å². The zero-order chi connectivity index (χ0) is 10.4. The summed E-state index contributed by atoms with van der Waals surface area (Å²) >= 11 is 0. The van der Waals surface area contributed by atoms with Gasteiger partial charge in [0.2, 0.25) is 0 Å². The van der Waals surface area contributed by atoms with Crippen LogP contribution in [-0.2, 0) is 6.54 Å². The summed E-state index contributed by atoms with van der Waals surface area (Å²) < 4.78 is 0. The van der Waals surface area contributed by atoms with Crippen LogP contribution in [0, 0.1) is 0 Å². The van der Waals surface area contributed by atoms with Gasteiger partial charge in [-0.1, -0.05) is 13.0 Å².